The van der Waals surface area contributed by atoms with Crippen LogP contribution < -0.4 is 16.0 Å². The average Bonchev–Trinajstić information content (AvgIpc) is 3.10. The summed E-state index contributed by atoms with van der Waals surface area (Å²) in [5, 5.41) is 9.50. The standard InChI is InChI=1S/C37H29N3O9S3/c41-50(42,43)34-21-19-31(20-22-34)38-28-13-7-25(8-14-28)37(26-9-15-29(16-10-26)39-32-3-1-5-35(23-32)51(44,45)46)27-11-17-30(18-12-27)40-33-4-2-6-36(24-33)52(47,48)49/h1-24,38-40H,(H2-,41,42,43,44,45,46,47,48,49)/p+1. The minimum atomic E-state index is -4.37. The molecule has 0 amide bonds. The van der Waals surface area contributed by atoms with Crippen LogP contribution in [0.5, 0.6) is 0 Å². The summed E-state index contributed by atoms with van der Waals surface area (Å²) in [4.78, 5) is -0.683. The van der Waals surface area contributed by atoms with Gasteiger partial charge in [-0.2, -0.15) is 25.3 Å². The van der Waals surface area contributed by atoms with E-state index in [1.807, 2.05) is 72.8 Å². The topological polar surface area (TPSA) is 199 Å². The number of benzene rings is 6. The monoisotopic (exact) mass is 756 g/mol. The zero-order valence-corrected chi connectivity index (χ0v) is 29.3. The van der Waals surface area contributed by atoms with Crippen molar-refractivity contribution in [2.75, 3.05) is 16.0 Å². The van der Waals surface area contributed by atoms with Crippen molar-refractivity contribution in [2.24, 2.45) is 0 Å². The van der Waals surface area contributed by atoms with Crippen molar-refractivity contribution in [3.8, 4) is 0 Å². The van der Waals surface area contributed by atoms with E-state index in [2.05, 4.69) is 16.0 Å². The fourth-order valence-corrected chi connectivity index (χ4v) is 6.87. The van der Waals surface area contributed by atoms with E-state index in [-0.39, 0.29) is 14.7 Å². The predicted molar refractivity (Wildman–Crippen MR) is 198 cm³/mol. The molecule has 0 aliphatic rings. The third kappa shape index (κ3) is 8.96. The van der Waals surface area contributed by atoms with E-state index >= 15 is 0 Å². The normalized spacial score (nSPS) is 11.8. The molecule has 0 atom stereocenters. The summed E-state index contributed by atoms with van der Waals surface area (Å²) >= 11 is 0. The molecule has 6 aromatic carbocycles. The highest BCUT2D eigenvalue weighted by molar-refractivity contribution is 7.86. The molecule has 0 aliphatic carbocycles. The molecule has 0 aromatic heterocycles. The second-order valence-corrected chi connectivity index (χ2v) is 15.8. The van der Waals surface area contributed by atoms with Gasteiger partial charge in [0, 0.05) is 34.1 Å². The first-order valence-electron chi connectivity index (χ1n) is 15.3. The Morgan fingerprint density at radius 2 is 0.635 bits per heavy atom. The molecule has 6 N–H and O–H groups in total. The highest BCUT2D eigenvalue weighted by Crippen LogP contribution is 2.34. The Labute approximate surface area is 301 Å². The number of hydrogen-bond donors (Lipinski definition) is 6. The maximum atomic E-state index is 11.6. The zero-order valence-electron chi connectivity index (χ0n) is 26.9. The van der Waals surface area contributed by atoms with Gasteiger partial charge in [0.05, 0.1) is 37.3 Å². The van der Waals surface area contributed by atoms with Gasteiger partial charge < -0.3 is 16.0 Å². The van der Waals surface area contributed by atoms with Crippen molar-refractivity contribution in [1.29, 1.82) is 0 Å². The molecule has 0 bridgehead atoms. The van der Waals surface area contributed by atoms with E-state index in [9.17, 15) is 38.9 Å². The van der Waals surface area contributed by atoms with Crippen molar-refractivity contribution >= 4 is 64.5 Å². The molecular weight excluding hydrogens is 727 g/mol. The lowest BCUT2D eigenvalue weighted by Gasteiger charge is -2.16. The van der Waals surface area contributed by atoms with Crippen molar-refractivity contribution in [3.05, 3.63) is 168 Å². The maximum absolute atomic E-state index is 11.6. The first-order chi connectivity index (χ1) is 24.6. The third-order valence-electron chi connectivity index (χ3n) is 7.80. The van der Waals surface area contributed by atoms with Crippen LogP contribution in [0.15, 0.2) is 160 Å². The zero-order chi connectivity index (χ0) is 37.1. The summed E-state index contributed by atoms with van der Waals surface area (Å²) in [6.45, 7) is 0. The Kier molecular flexibility index (Phi) is 10.1. The lowest BCUT2D eigenvalue weighted by Crippen LogP contribution is -2.05. The first-order valence-corrected chi connectivity index (χ1v) is 19.7. The molecule has 52 heavy (non-hydrogen) atoms. The SMILES string of the molecule is O=S(=O)(O)c1ccc(Nc2ccc([C+](c3ccc(Nc4cccc(S(=O)(=O)O)c4)cc3)c3ccc(Nc4cccc(S(=O)(=O)O)c4)cc3)cc2)cc1. The molecule has 6 rings (SSSR count). The molecule has 264 valence electrons. The minimum absolute atomic E-state index is 0.215. The summed E-state index contributed by atoms with van der Waals surface area (Å²) in [5.74, 6) is 0.865. The second kappa shape index (κ2) is 14.5. The summed E-state index contributed by atoms with van der Waals surface area (Å²) in [7, 11) is -13.1. The van der Waals surface area contributed by atoms with Crippen LogP contribution >= 0.6 is 0 Å². The molecule has 0 unspecified atom stereocenters. The molecule has 0 saturated carbocycles. The molecule has 0 spiro atoms. The van der Waals surface area contributed by atoms with Gasteiger partial charge in [0.15, 0.2) is 0 Å². The molecule has 0 radical (unpaired) electrons. The van der Waals surface area contributed by atoms with Crippen molar-refractivity contribution in [1.82, 2.24) is 0 Å². The smallest absolute Gasteiger partial charge is 0.294 e. The number of nitrogens with one attached hydrogen (secondary N) is 3. The van der Waals surface area contributed by atoms with Gasteiger partial charge in [0.25, 0.3) is 30.4 Å². The van der Waals surface area contributed by atoms with Gasteiger partial charge in [-0.3, -0.25) is 13.7 Å². The Hall–Kier alpha value is -5.68. The van der Waals surface area contributed by atoms with Crippen LogP contribution in [0.4, 0.5) is 34.1 Å². The van der Waals surface area contributed by atoms with Crippen molar-refractivity contribution in [2.45, 2.75) is 14.7 Å². The van der Waals surface area contributed by atoms with Gasteiger partial charge in [0.1, 0.15) is 0 Å². The summed E-state index contributed by atoms with van der Waals surface area (Å²) < 4.78 is 97.3. The fourth-order valence-electron chi connectivity index (χ4n) is 5.34. The van der Waals surface area contributed by atoms with Gasteiger partial charge in [-0.1, -0.05) is 12.1 Å². The van der Waals surface area contributed by atoms with Gasteiger partial charge in [0.2, 0.25) is 0 Å². The van der Waals surface area contributed by atoms with Crippen LogP contribution in [0.2, 0.25) is 0 Å². The molecule has 0 saturated heterocycles. The fraction of sp³-hybridized carbons (Fsp3) is 0. The van der Waals surface area contributed by atoms with Crippen LogP contribution in [-0.4, -0.2) is 38.9 Å². The highest BCUT2D eigenvalue weighted by atomic mass is 32.2. The van der Waals surface area contributed by atoms with Gasteiger partial charge in [-0.15, -0.1) is 0 Å². The summed E-state index contributed by atoms with van der Waals surface area (Å²) in [5.41, 5.74) is 6.15. The average molecular weight is 757 g/mol. The van der Waals surface area contributed by atoms with Crippen LogP contribution in [0.3, 0.4) is 0 Å². The first kappa shape index (κ1) is 36.1. The van der Waals surface area contributed by atoms with Gasteiger partial charge >= 0.3 is 0 Å². The molecule has 0 aliphatic heterocycles. The van der Waals surface area contributed by atoms with Crippen LogP contribution in [-0.2, 0) is 30.4 Å². The lowest BCUT2D eigenvalue weighted by atomic mass is 9.85. The van der Waals surface area contributed by atoms with E-state index in [4.69, 9.17) is 0 Å². The summed E-state index contributed by atoms with van der Waals surface area (Å²) in [6.07, 6.45) is 0. The van der Waals surface area contributed by atoms with E-state index in [1.165, 1.54) is 60.7 Å². The van der Waals surface area contributed by atoms with E-state index in [0.717, 1.165) is 28.3 Å². The quantitative estimate of drug-likeness (QED) is 0.0405. The molecular formula is C37H30N3O9S3+. The van der Waals surface area contributed by atoms with E-state index in [0.29, 0.717) is 28.4 Å². The Morgan fingerprint density at radius 3 is 0.942 bits per heavy atom. The number of hydrogen-bond acceptors (Lipinski definition) is 9. The van der Waals surface area contributed by atoms with Gasteiger partial charge in [-0.05, 0) is 133 Å². The summed E-state index contributed by atoms with van der Waals surface area (Å²) in [6, 6.07) is 39.8. The molecule has 0 heterocycles. The highest BCUT2D eigenvalue weighted by Gasteiger charge is 2.23. The lowest BCUT2D eigenvalue weighted by molar-refractivity contribution is 0.481. The Balaban J connectivity index is 1.28. The van der Waals surface area contributed by atoms with Crippen molar-refractivity contribution < 1.29 is 38.9 Å². The second-order valence-electron chi connectivity index (χ2n) is 11.5. The van der Waals surface area contributed by atoms with Crippen LogP contribution in [0.25, 0.3) is 0 Å². The van der Waals surface area contributed by atoms with Crippen LogP contribution in [0.1, 0.15) is 16.7 Å². The Bertz CT molecular complexity index is 2420. The molecule has 0 fully saturated rings. The van der Waals surface area contributed by atoms with Crippen molar-refractivity contribution in [3.63, 3.8) is 0 Å². The molecule has 6 aromatic rings. The maximum Gasteiger partial charge on any atom is 0.294 e. The largest absolute Gasteiger partial charge is 0.355 e. The van der Waals surface area contributed by atoms with Gasteiger partial charge in [-0.25, -0.2) is 0 Å². The number of anilines is 6. The number of rotatable bonds is 12. The Morgan fingerprint density at radius 1 is 0.346 bits per heavy atom. The molecule has 12 nitrogen and oxygen atoms in total. The third-order valence-corrected chi connectivity index (χ3v) is 10.4. The minimum Gasteiger partial charge on any atom is -0.355 e. The van der Waals surface area contributed by atoms with Crippen LogP contribution in [0, 0.1) is 5.92 Å². The van der Waals surface area contributed by atoms with E-state index in [1.54, 1.807) is 12.1 Å². The predicted octanol–water partition coefficient (Wildman–Crippen LogP) is 7.68. The molecule has 15 heteroatoms. The van der Waals surface area contributed by atoms with E-state index < -0.39 is 30.4 Å².